The van der Waals surface area contributed by atoms with Gasteiger partial charge in [-0.05, 0) is 25.1 Å². The van der Waals surface area contributed by atoms with Gasteiger partial charge in [0, 0.05) is 18.9 Å². The Morgan fingerprint density at radius 3 is 2.80 bits per heavy atom. The standard InChI is InChI=1S/C14H15FN4O/c1-2-16-13-12(15)11(6-8-18-13)14(20)19-9-10-5-3-4-7-17-10/h3-8H,2,9H2,1H3,(H,16,18)(H,19,20). The van der Waals surface area contributed by atoms with Gasteiger partial charge in [0.15, 0.2) is 11.6 Å². The zero-order chi connectivity index (χ0) is 14.4. The van der Waals surface area contributed by atoms with Crippen LogP contribution in [-0.2, 0) is 6.54 Å². The molecule has 5 nitrogen and oxygen atoms in total. The third kappa shape index (κ3) is 3.28. The number of anilines is 1. The number of rotatable bonds is 5. The van der Waals surface area contributed by atoms with Gasteiger partial charge in [-0.15, -0.1) is 0 Å². The van der Waals surface area contributed by atoms with Crippen molar-refractivity contribution in [2.45, 2.75) is 13.5 Å². The van der Waals surface area contributed by atoms with Gasteiger partial charge in [-0.25, -0.2) is 9.37 Å². The van der Waals surface area contributed by atoms with Crippen LogP contribution in [0.5, 0.6) is 0 Å². The Bertz CT molecular complexity index is 589. The van der Waals surface area contributed by atoms with Crippen LogP contribution in [0.3, 0.4) is 0 Å². The number of halogens is 1. The second-order valence-electron chi connectivity index (χ2n) is 4.06. The van der Waals surface area contributed by atoms with Crippen LogP contribution in [0.1, 0.15) is 23.0 Å². The smallest absolute Gasteiger partial charge is 0.254 e. The average molecular weight is 274 g/mol. The third-order valence-corrected chi connectivity index (χ3v) is 2.63. The Hall–Kier alpha value is -2.50. The molecule has 0 fully saturated rings. The highest BCUT2D eigenvalue weighted by atomic mass is 19.1. The lowest BCUT2D eigenvalue weighted by molar-refractivity contribution is 0.0946. The quantitative estimate of drug-likeness (QED) is 0.875. The van der Waals surface area contributed by atoms with Gasteiger partial charge >= 0.3 is 0 Å². The van der Waals surface area contributed by atoms with Crippen molar-refractivity contribution >= 4 is 11.7 Å². The minimum absolute atomic E-state index is 0.0353. The molecular formula is C14H15FN4O. The molecule has 0 aliphatic carbocycles. The molecule has 0 aliphatic heterocycles. The predicted molar refractivity (Wildman–Crippen MR) is 73.8 cm³/mol. The second kappa shape index (κ2) is 6.60. The van der Waals surface area contributed by atoms with Gasteiger partial charge in [-0.3, -0.25) is 9.78 Å². The molecule has 1 amide bonds. The van der Waals surface area contributed by atoms with E-state index in [0.29, 0.717) is 12.2 Å². The SMILES string of the molecule is CCNc1nccc(C(=O)NCc2ccccn2)c1F. The molecule has 6 heteroatoms. The molecule has 0 spiro atoms. The molecule has 2 aromatic heterocycles. The number of carbonyl (C=O) groups excluding carboxylic acids is 1. The molecule has 2 N–H and O–H groups in total. The number of hydrogen-bond acceptors (Lipinski definition) is 4. The van der Waals surface area contributed by atoms with E-state index < -0.39 is 11.7 Å². The number of aromatic nitrogens is 2. The first kappa shape index (κ1) is 13.9. The van der Waals surface area contributed by atoms with E-state index in [-0.39, 0.29) is 17.9 Å². The van der Waals surface area contributed by atoms with Gasteiger partial charge in [0.25, 0.3) is 5.91 Å². The Labute approximate surface area is 116 Å². The van der Waals surface area contributed by atoms with Gasteiger partial charge in [0.05, 0.1) is 17.8 Å². The summed E-state index contributed by atoms with van der Waals surface area (Å²) in [6.45, 7) is 2.61. The van der Waals surface area contributed by atoms with E-state index in [2.05, 4.69) is 20.6 Å². The Morgan fingerprint density at radius 1 is 1.25 bits per heavy atom. The highest BCUT2D eigenvalue weighted by molar-refractivity contribution is 5.95. The maximum atomic E-state index is 14.0. The zero-order valence-corrected chi connectivity index (χ0v) is 11.1. The van der Waals surface area contributed by atoms with Crippen LogP contribution in [0.25, 0.3) is 0 Å². The van der Waals surface area contributed by atoms with Crippen LogP contribution in [0.2, 0.25) is 0 Å². The summed E-state index contributed by atoms with van der Waals surface area (Å²) in [5.41, 5.74) is 0.675. The number of nitrogens with zero attached hydrogens (tertiary/aromatic N) is 2. The molecule has 0 radical (unpaired) electrons. The Balaban J connectivity index is 2.08. The lowest BCUT2D eigenvalue weighted by atomic mass is 10.2. The van der Waals surface area contributed by atoms with Crippen molar-refractivity contribution in [1.82, 2.24) is 15.3 Å². The fourth-order valence-electron chi connectivity index (χ4n) is 1.68. The van der Waals surface area contributed by atoms with Crippen LogP contribution >= 0.6 is 0 Å². The van der Waals surface area contributed by atoms with E-state index in [1.54, 1.807) is 18.3 Å². The van der Waals surface area contributed by atoms with Crippen molar-refractivity contribution in [3.8, 4) is 0 Å². The number of pyridine rings is 2. The maximum Gasteiger partial charge on any atom is 0.254 e. The first-order chi connectivity index (χ1) is 9.72. The monoisotopic (exact) mass is 274 g/mol. The fraction of sp³-hybridized carbons (Fsp3) is 0.214. The van der Waals surface area contributed by atoms with Crippen molar-refractivity contribution < 1.29 is 9.18 Å². The highest BCUT2D eigenvalue weighted by Crippen LogP contribution is 2.14. The van der Waals surface area contributed by atoms with E-state index in [9.17, 15) is 9.18 Å². The van der Waals surface area contributed by atoms with Gasteiger partial charge in [-0.2, -0.15) is 0 Å². The topological polar surface area (TPSA) is 66.9 Å². The fourth-order valence-corrected chi connectivity index (χ4v) is 1.68. The molecule has 0 aliphatic rings. The Kier molecular flexibility index (Phi) is 4.60. The van der Waals surface area contributed by atoms with Crippen LogP contribution in [0, 0.1) is 5.82 Å². The summed E-state index contributed by atoms with van der Waals surface area (Å²) in [5, 5.41) is 5.39. The van der Waals surface area contributed by atoms with E-state index in [1.165, 1.54) is 12.3 Å². The van der Waals surface area contributed by atoms with Crippen molar-refractivity contribution in [1.29, 1.82) is 0 Å². The van der Waals surface area contributed by atoms with Crippen LogP contribution in [0.4, 0.5) is 10.2 Å². The van der Waals surface area contributed by atoms with Crippen LogP contribution in [-0.4, -0.2) is 22.4 Å². The van der Waals surface area contributed by atoms with E-state index in [4.69, 9.17) is 0 Å². The van der Waals surface area contributed by atoms with Gasteiger partial charge in [0.1, 0.15) is 0 Å². The van der Waals surface area contributed by atoms with Crippen molar-refractivity contribution in [3.63, 3.8) is 0 Å². The van der Waals surface area contributed by atoms with Gasteiger partial charge in [0.2, 0.25) is 0 Å². The summed E-state index contributed by atoms with van der Waals surface area (Å²) in [5.74, 6) is -1.06. The number of hydrogen-bond donors (Lipinski definition) is 2. The summed E-state index contributed by atoms with van der Waals surface area (Å²) >= 11 is 0. The lowest BCUT2D eigenvalue weighted by Crippen LogP contribution is -2.24. The molecule has 20 heavy (non-hydrogen) atoms. The minimum Gasteiger partial charge on any atom is -0.368 e. The third-order valence-electron chi connectivity index (χ3n) is 2.63. The molecule has 104 valence electrons. The maximum absolute atomic E-state index is 14.0. The predicted octanol–water partition coefficient (Wildman–Crippen LogP) is 1.98. The molecule has 0 aromatic carbocycles. The Morgan fingerprint density at radius 2 is 2.10 bits per heavy atom. The number of nitrogens with one attached hydrogen (secondary N) is 2. The molecular weight excluding hydrogens is 259 g/mol. The van der Waals surface area contributed by atoms with Crippen molar-refractivity contribution in [2.24, 2.45) is 0 Å². The normalized spacial score (nSPS) is 10.1. The molecule has 0 unspecified atom stereocenters. The molecule has 0 bridgehead atoms. The van der Waals surface area contributed by atoms with E-state index in [1.807, 2.05) is 13.0 Å². The zero-order valence-electron chi connectivity index (χ0n) is 11.1. The highest BCUT2D eigenvalue weighted by Gasteiger charge is 2.15. The van der Waals surface area contributed by atoms with Crippen molar-refractivity contribution in [2.75, 3.05) is 11.9 Å². The van der Waals surface area contributed by atoms with E-state index >= 15 is 0 Å². The summed E-state index contributed by atoms with van der Waals surface area (Å²) in [6.07, 6.45) is 3.04. The lowest BCUT2D eigenvalue weighted by Gasteiger charge is -2.08. The molecule has 2 rings (SSSR count). The summed E-state index contributed by atoms with van der Waals surface area (Å²) in [4.78, 5) is 19.9. The van der Waals surface area contributed by atoms with Crippen molar-refractivity contribution in [3.05, 3.63) is 53.7 Å². The summed E-state index contributed by atoms with van der Waals surface area (Å²) in [7, 11) is 0. The minimum atomic E-state index is -0.645. The number of carbonyl (C=O) groups is 1. The first-order valence-corrected chi connectivity index (χ1v) is 6.29. The molecule has 2 aromatic rings. The molecule has 0 saturated carbocycles. The molecule has 2 heterocycles. The molecule has 0 atom stereocenters. The summed E-state index contributed by atoms with van der Waals surface area (Å²) in [6, 6.07) is 6.75. The van der Waals surface area contributed by atoms with Crippen LogP contribution in [0.15, 0.2) is 36.7 Å². The van der Waals surface area contributed by atoms with Crippen LogP contribution < -0.4 is 10.6 Å². The molecule has 0 saturated heterocycles. The first-order valence-electron chi connectivity index (χ1n) is 6.29. The average Bonchev–Trinajstić information content (AvgIpc) is 2.48. The summed E-state index contributed by atoms with van der Waals surface area (Å²) < 4.78 is 14.0. The van der Waals surface area contributed by atoms with Gasteiger partial charge < -0.3 is 10.6 Å². The second-order valence-corrected chi connectivity index (χ2v) is 4.06. The van der Waals surface area contributed by atoms with E-state index in [0.717, 1.165) is 0 Å². The largest absolute Gasteiger partial charge is 0.368 e. The van der Waals surface area contributed by atoms with Gasteiger partial charge in [-0.1, -0.05) is 6.07 Å². The number of amides is 1.